The number of likely N-dealkylation sites (tertiary alicyclic amines) is 1. The normalized spacial score (nSPS) is 20.1. The predicted octanol–water partition coefficient (Wildman–Crippen LogP) is 2.99. The van der Waals surface area contributed by atoms with Crippen molar-refractivity contribution in [2.75, 3.05) is 6.54 Å². The van der Waals surface area contributed by atoms with Crippen molar-refractivity contribution in [1.29, 1.82) is 0 Å². The molecule has 3 nitrogen and oxygen atoms in total. The molecular formula is C20H17NO2. The molecule has 3 rings (SSSR count). The number of ether oxygens (including phenoxy) is 1. The second-order valence-corrected chi connectivity index (χ2v) is 5.28. The molecule has 1 fully saturated rings. The first-order valence-corrected chi connectivity index (χ1v) is 7.48. The second kappa shape index (κ2) is 6.85. The van der Waals surface area contributed by atoms with E-state index in [-0.39, 0.29) is 18.5 Å². The van der Waals surface area contributed by atoms with Crippen LogP contribution in [0.1, 0.15) is 5.56 Å². The van der Waals surface area contributed by atoms with Gasteiger partial charge in [0.05, 0.1) is 12.6 Å². The Morgan fingerprint density at radius 3 is 2.39 bits per heavy atom. The Bertz CT molecular complexity index is 731. The fourth-order valence-corrected chi connectivity index (χ4v) is 2.56. The van der Waals surface area contributed by atoms with Crippen LogP contribution in [0.4, 0.5) is 0 Å². The molecule has 1 aliphatic rings. The van der Waals surface area contributed by atoms with E-state index in [4.69, 9.17) is 11.2 Å². The maximum atomic E-state index is 12.2. The number of terminal acetylenes is 1. The standard InChI is InChI=1S/C20H17NO2/c1-2-15-21-18(14-13-16-9-5-3-6-10-16)19(20(21)22)23-17-11-7-4-8-12-17/h1,3-14,18-19H,15H2/b14-13+/t18-,19+/m0/s1. The number of para-hydroxylation sites is 1. The molecule has 3 heteroatoms. The van der Waals surface area contributed by atoms with Gasteiger partial charge in [-0.2, -0.15) is 0 Å². The van der Waals surface area contributed by atoms with Crippen molar-refractivity contribution in [3.8, 4) is 18.1 Å². The van der Waals surface area contributed by atoms with Crippen molar-refractivity contribution in [3.63, 3.8) is 0 Å². The number of benzene rings is 2. The predicted molar refractivity (Wildman–Crippen MR) is 90.7 cm³/mol. The van der Waals surface area contributed by atoms with Crippen LogP contribution >= 0.6 is 0 Å². The van der Waals surface area contributed by atoms with Crippen molar-refractivity contribution in [1.82, 2.24) is 4.90 Å². The first kappa shape index (κ1) is 14.9. The summed E-state index contributed by atoms with van der Waals surface area (Å²) in [5, 5.41) is 0. The van der Waals surface area contributed by atoms with Crippen LogP contribution in [-0.4, -0.2) is 29.5 Å². The Morgan fingerprint density at radius 1 is 1.09 bits per heavy atom. The van der Waals surface area contributed by atoms with Gasteiger partial charge in [0.15, 0.2) is 0 Å². The van der Waals surface area contributed by atoms with Crippen LogP contribution < -0.4 is 4.74 Å². The van der Waals surface area contributed by atoms with Gasteiger partial charge >= 0.3 is 0 Å². The molecule has 0 unspecified atom stereocenters. The molecule has 2 aromatic rings. The van der Waals surface area contributed by atoms with Gasteiger partial charge in [-0.1, -0.05) is 66.6 Å². The summed E-state index contributed by atoms with van der Waals surface area (Å²) in [4.78, 5) is 13.9. The fraction of sp³-hybridized carbons (Fsp3) is 0.150. The largest absolute Gasteiger partial charge is 0.478 e. The lowest BCUT2D eigenvalue weighted by atomic mass is 9.96. The Kier molecular flexibility index (Phi) is 4.44. The van der Waals surface area contributed by atoms with Crippen molar-refractivity contribution >= 4 is 12.0 Å². The summed E-state index contributed by atoms with van der Waals surface area (Å²) < 4.78 is 5.83. The van der Waals surface area contributed by atoms with E-state index in [0.717, 1.165) is 5.56 Å². The van der Waals surface area contributed by atoms with Crippen LogP contribution in [0.2, 0.25) is 0 Å². The third kappa shape index (κ3) is 3.27. The smallest absolute Gasteiger partial charge is 0.267 e. The number of β-lactam (4-membered cyclic amide) rings is 1. The first-order chi connectivity index (χ1) is 11.3. The number of amides is 1. The highest BCUT2D eigenvalue weighted by molar-refractivity contribution is 5.90. The molecule has 0 spiro atoms. The number of carbonyl (C=O) groups is 1. The first-order valence-electron chi connectivity index (χ1n) is 7.48. The minimum Gasteiger partial charge on any atom is -0.478 e. The average molecular weight is 303 g/mol. The Balaban J connectivity index is 1.76. The van der Waals surface area contributed by atoms with Gasteiger partial charge in [-0.15, -0.1) is 6.42 Å². The van der Waals surface area contributed by atoms with Gasteiger partial charge in [0.1, 0.15) is 5.75 Å². The molecule has 0 saturated carbocycles. The number of carbonyl (C=O) groups excluding carboxylic acids is 1. The lowest BCUT2D eigenvalue weighted by Gasteiger charge is -2.44. The van der Waals surface area contributed by atoms with Gasteiger partial charge < -0.3 is 9.64 Å². The Labute approximate surface area is 136 Å². The zero-order valence-corrected chi connectivity index (χ0v) is 12.6. The molecule has 1 saturated heterocycles. The van der Waals surface area contributed by atoms with Gasteiger partial charge in [-0.3, -0.25) is 4.79 Å². The van der Waals surface area contributed by atoms with Crippen LogP contribution in [-0.2, 0) is 4.79 Å². The van der Waals surface area contributed by atoms with Crippen molar-refractivity contribution < 1.29 is 9.53 Å². The minimum atomic E-state index is -0.522. The molecule has 114 valence electrons. The second-order valence-electron chi connectivity index (χ2n) is 5.28. The van der Waals surface area contributed by atoms with E-state index in [2.05, 4.69) is 5.92 Å². The van der Waals surface area contributed by atoms with Crippen LogP contribution in [0.15, 0.2) is 66.7 Å². The SMILES string of the molecule is C#CCN1C(=O)[C@H](Oc2ccccc2)[C@@H]1/C=C/c1ccccc1. The fourth-order valence-electron chi connectivity index (χ4n) is 2.56. The third-order valence-electron chi connectivity index (χ3n) is 3.75. The number of nitrogens with zero attached hydrogens (tertiary/aromatic N) is 1. The van der Waals surface area contributed by atoms with Crippen LogP contribution in [0, 0.1) is 12.3 Å². The number of rotatable bonds is 5. The van der Waals surface area contributed by atoms with E-state index in [1.807, 2.05) is 72.8 Å². The summed E-state index contributed by atoms with van der Waals surface area (Å²) in [5.74, 6) is 3.14. The van der Waals surface area contributed by atoms with E-state index >= 15 is 0 Å². The molecule has 0 aromatic heterocycles. The molecule has 2 atom stereocenters. The van der Waals surface area contributed by atoms with Crippen LogP contribution in [0.3, 0.4) is 0 Å². The summed E-state index contributed by atoms with van der Waals surface area (Å²) >= 11 is 0. The van der Waals surface area contributed by atoms with E-state index in [1.54, 1.807) is 4.90 Å². The maximum Gasteiger partial charge on any atom is 0.267 e. The van der Waals surface area contributed by atoms with E-state index in [0.29, 0.717) is 5.75 Å². The molecule has 1 amide bonds. The van der Waals surface area contributed by atoms with Gasteiger partial charge in [0.2, 0.25) is 6.10 Å². The van der Waals surface area contributed by atoms with E-state index in [1.165, 1.54) is 0 Å². The molecule has 1 aliphatic heterocycles. The molecule has 0 bridgehead atoms. The Hall–Kier alpha value is -2.99. The number of hydrogen-bond acceptors (Lipinski definition) is 2. The molecular weight excluding hydrogens is 286 g/mol. The quantitative estimate of drug-likeness (QED) is 0.628. The highest BCUT2D eigenvalue weighted by Gasteiger charge is 2.47. The summed E-state index contributed by atoms with van der Waals surface area (Å²) in [6.07, 6.45) is 8.80. The van der Waals surface area contributed by atoms with E-state index in [9.17, 15) is 4.79 Å². The molecule has 0 aliphatic carbocycles. The molecule has 23 heavy (non-hydrogen) atoms. The summed E-state index contributed by atoms with van der Waals surface area (Å²) in [6.45, 7) is 0.289. The van der Waals surface area contributed by atoms with Gasteiger partial charge in [0, 0.05) is 0 Å². The van der Waals surface area contributed by atoms with E-state index < -0.39 is 6.10 Å². The van der Waals surface area contributed by atoms with Gasteiger partial charge in [-0.25, -0.2) is 0 Å². The summed E-state index contributed by atoms with van der Waals surface area (Å²) in [7, 11) is 0. The lowest BCUT2D eigenvalue weighted by Crippen LogP contribution is -2.66. The highest BCUT2D eigenvalue weighted by atomic mass is 16.5. The number of hydrogen-bond donors (Lipinski definition) is 0. The highest BCUT2D eigenvalue weighted by Crippen LogP contribution is 2.26. The topological polar surface area (TPSA) is 29.5 Å². The molecule has 2 aromatic carbocycles. The summed E-state index contributed by atoms with van der Waals surface area (Å²) in [6, 6.07) is 19.1. The van der Waals surface area contributed by atoms with Gasteiger partial charge in [0.25, 0.3) is 5.91 Å². The monoisotopic (exact) mass is 303 g/mol. The van der Waals surface area contributed by atoms with Crippen LogP contribution in [0.5, 0.6) is 5.75 Å². The third-order valence-corrected chi connectivity index (χ3v) is 3.75. The maximum absolute atomic E-state index is 12.2. The lowest BCUT2D eigenvalue weighted by molar-refractivity contribution is -0.157. The average Bonchev–Trinajstić information content (AvgIpc) is 2.61. The van der Waals surface area contributed by atoms with Crippen molar-refractivity contribution in [2.45, 2.75) is 12.1 Å². The Morgan fingerprint density at radius 2 is 1.74 bits per heavy atom. The minimum absolute atomic E-state index is 0.0745. The van der Waals surface area contributed by atoms with Crippen molar-refractivity contribution in [3.05, 3.63) is 72.3 Å². The zero-order valence-electron chi connectivity index (χ0n) is 12.6. The zero-order chi connectivity index (χ0) is 16.1. The van der Waals surface area contributed by atoms with Crippen molar-refractivity contribution in [2.24, 2.45) is 0 Å². The molecule has 0 N–H and O–H groups in total. The van der Waals surface area contributed by atoms with Gasteiger partial charge in [-0.05, 0) is 17.7 Å². The molecule has 0 radical (unpaired) electrons. The van der Waals surface area contributed by atoms with Crippen LogP contribution in [0.25, 0.3) is 6.08 Å². The molecule has 1 heterocycles. The summed E-state index contributed by atoms with van der Waals surface area (Å²) in [5.41, 5.74) is 1.07.